The van der Waals surface area contributed by atoms with Crippen LogP contribution in [-0.2, 0) is 86.2 Å². The Kier molecular flexibility index (Phi) is 15.8. The number of nitrogens with two attached hydrogens (primary N) is 3. The highest BCUT2D eigenvalue weighted by Crippen LogP contribution is 2.66. The average molecular weight is 1340 g/mol. The van der Waals surface area contributed by atoms with Crippen molar-refractivity contribution in [1.29, 1.82) is 0 Å². The Morgan fingerprint density at radius 3 is 2.00 bits per heavy atom. The van der Waals surface area contributed by atoms with Gasteiger partial charge in [0.25, 0.3) is 5.56 Å². The summed E-state index contributed by atoms with van der Waals surface area (Å²) in [5.41, 5.74) is 14.2. The maximum atomic E-state index is 13.6. The predicted octanol–water partition coefficient (Wildman–Crippen LogP) is 2.26. The summed E-state index contributed by atoms with van der Waals surface area (Å²) >= 11 is 17.3. The molecule has 5 saturated heterocycles. The molecule has 6 aromatic rings. The monoisotopic (exact) mass is 1340 g/mol. The van der Waals surface area contributed by atoms with Crippen molar-refractivity contribution in [2.45, 2.75) is 152 Å². The van der Waals surface area contributed by atoms with Gasteiger partial charge in [0.05, 0.1) is 62.6 Å². The molecule has 6 unspecified atom stereocenters. The highest BCUT2D eigenvalue weighted by molar-refractivity contribution is 8.07. The molecule has 6 aromatic heterocycles. The molecule has 476 valence electrons. The normalized spacial score (nSPS) is 36.9. The molecule has 2 aliphatic carbocycles. The third-order valence-corrected chi connectivity index (χ3v) is 23.2. The largest absolute Gasteiger partial charge is 0.397 e. The van der Waals surface area contributed by atoms with Gasteiger partial charge in [0.2, 0.25) is 0 Å². The molecule has 32 nitrogen and oxygen atoms in total. The van der Waals surface area contributed by atoms with E-state index in [0.29, 0.717) is 47.3 Å². The van der Waals surface area contributed by atoms with Crippen molar-refractivity contribution in [2.24, 2.45) is 23.7 Å². The molecule has 2 saturated carbocycles. The van der Waals surface area contributed by atoms with Gasteiger partial charge >= 0.3 is 31.5 Å². The molecule has 0 aromatic carbocycles. The summed E-state index contributed by atoms with van der Waals surface area (Å²) in [6.45, 7) is -4.48. The van der Waals surface area contributed by atoms with Crippen molar-refractivity contribution >= 4 is 95.2 Å². The van der Waals surface area contributed by atoms with Gasteiger partial charge in [-0.25, -0.2) is 34.5 Å². The lowest BCUT2D eigenvalue weighted by atomic mass is 9.92. The number of imidazole rings is 2. The topological polar surface area (TPSA) is 425 Å². The summed E-state index contributed by atoms with van der Waals surface area (Å²) in [5, 5.41) is 11.9. The molecule has 11 N–H and O–H groups in total. The number of aryl methyl sites for hydroxylation is 2. The van der Waals surface area contributed by atoms with Crippen molar-refractivity contribution < 1.29 is 70.6 Å². The molecular formula is C50H65N14O18P3S3. The Labute approximate surface area is 515 Å². The van der Waals surface area contributed by atoms with Crippen molar-refractivity contribution in [1.82, 2.24) is 53.2 Å². The first-order chi connectivity index (χ1) is 41.6. The van der Waals surface area contributed by atoms with Gasteiger partial charge in [0.1, 0.15) is 77.0 Å². The quantitative estimate of drug-likeness (QED) is 0.0508. The molecule has 0 radical (unpaired) electrons. The number of aromatic nitrogens is 11. The Balaban J connectivity index is 0.771. The summed E-state index contributed by atoms with van der Waals surface area (Å²) in [4.78, 5) is 103. The van der Waals surface area contributed by atoms with E-state index in [-0.39, 0.29) is 41.7 Å². The number of fused-ring (bicyclic) bond motifs is 8. The van der Waals surface area contributed by atoms with E-state index < -0.39 is 153 Å². The van der Waals surface area contributed by atoms with Crippen molar-refractivity contribution in [3.8, 4) is 0 Å². The van der Waals surface area contributed by atoms with Gasteiger partial charge in [-0.15, -0.1) is 0 Å². The second kappa shape index (κ2) is 22.4. The van der Waals surface area contributed by atoms with E-state index in [2.05, 4.69) is 34.9 Å². The molecule has 6 bridgehead atoms. The first-order valence-electron chi connectivity index (χ1n) is 28.3. The maximum Gasteiger partial charge on any atom is 0.351 e. The van der Waals surface area contributed by atoms with Crippen LogP contribution in [0.3, 0.4) is 0 Å². The highest BCUT2D eigenvalue weighted by atomic mass is 32.5. The van der Waals surface area contributed by atoms with Gasteiger partial charge in [-0.3, -0.25) is 32.6 Å². The summed E-state index contributed by atoms with van der Waals surface area (Å²) < 4.78 is 76.8. The number of H-pyrrole nitrogens is 1. The van der Waals surface area contributed by atoms with Crippen LogP contribution >= 0.6 is 20.2 Å². The first-order valence-corrected chi connectivity index (χ1v) is 36.0. The molecular weight excluding hydrogens is 1270 g/mol. The van der Waals surface area contributed by atoms with E-state index in [1.807, 2.05) is 20.8 Å². The zero-order valence-electron chi connectivity index (χ0n) is 47.9. The van der Waals surface area contributed by atoms with E-state index in [1.54, 1.807) is 48.5 Å². The van der Waals surface area contributed by atoms with Gasteiger partial charge in [-0.05, 0) is 93.4 Å². The molecule has 11 heterocycles. The van der Waals surface area contributed by atoms with E-state index >= 15 is 0 Å². The highest BCUT2D eigenvalue weighted by Gasteiger charge is 2.71. The summed E-state index contributed by atoms with van der Waals surface area (Å²) in [6.07, 6.45) is -1.43. The van der Waals surface area contributed by atoms with Crippen molar-refractivity contribution in [3.63, 3.8) is 0 Å². The maximum absolute atomic E-state index is 13.6. The molecule has 88 heavy (non-hydrogen) atoms. The lowest BCUT2D eigenvalue weighted by Gasteiger charge is -2.39. The number of ether oxygens (including phenoxy) is 5. The molecule has 5 aliphatic heterocycles. The number of hydrogen-bond donors (Lipinski definition) is 8. The molecule has 7 fully saturated rings. The smallest absolute Gasteiger partial charge is 0.351 e. The van der Waals surface area contributed by atoms with Crippen LogP contribution < -0.4 is 34.1 Å². The minimum absolute atomic E-state index is 0.0283. The van der Waals surface area contributed by atoms with Crippen LogP contribution in [0.25, 0.3) is 22.3 Å². The van der Waals surface area contributed by atoms with Gasteiger partial charge in [0.15, 0.2) is 23.3 Å². The fourth-order valence-corrected chi connectivity index (χ4v) is 18.3. The van der Waals surface area contributed by atoms with Gasteiger partial charge in [-0.2, -0.15) is 4.98 Å². The summed E-state index contributed by atoms with van der Waals surface area (Å²) in [7, 11) is 0. The van der Waals surface area contributed by atoms with Crippen LogP contribution in [-0.4, -0.2) is 152 Å². The minimum Gasteiger partial charge on any atom is -0.397 e. The van der Waals surface area contributed by atoms with Crippen LogP contribution in [0.5, 0.6) is 0 Å². The standard InChI is InChI=1S/C50H65N14O18P3S3/c1-7-29-30(12-31(76-29)61-14-22(3)42(66)60-47(61)68)80-83(69,86)74-17-50-25(6)75-34(45(79-50)62-13-21(2)38(52)59-46(62)67)37(50)82-85(71,88)73-16-49-24(5)11-27(44(78-49)64-20-58-33-39(53)55-18-56-41(33)64)36(49)81-84(70,87)72-15-48-23(4)10-26(35(48)65)43(77-48)63-19-57-32-28(51)8-9-54-40(32)63/h8-9,13-14,18-20,23-27,29-31,34-37,43-45,65H,7,10-12,15-17H2,1-6H3,(H2,51,54)(H,69,86)(H,70,87)(H,71,88)(H2,52,59,67)(H2,53,55,56)(H,60,66,68)/t23-,24-,25+,26?,27?,29-,30-,31-,34?,35-,36-,37-,43-,44-,45-,48+,49+,50+,83?,84?,85?/m1/s1. The number of aliphatic hydroxyl groups excluding tert-OH is 1. The summed E-state index contributed by atoms with van der Waals surface area (Å²) in [5.74, 6) is -1.73. The zero-order chi connectivity index (χ0) is 62.5. The van der Waals surface area contributed by atoms with Crippen LogP contribution in [0.2, 0.25) is 0 Å². The SMILES string of the molecule is CC[C@H]1O[C@@H](n2cc(C)c(=O)[nH]c2=O)C[C@H]1OP(O)(=S)OC[C@]12O[C@@H](n3cc(C)c(N)nc3=O)C(O[C@H]1C)[C@H]2OP(O)(=S)OC[C@]12O[C@@H](n3cnc4c(N)ncnc43)C(C[C@H]1C)[C@H]2OP(O)(=S)OC[C@]12O[C@@H](n3cnc4c(N)ccnc43)C(C[C@H]1C)[C@H]2O. The first kappa shape index (κ1) is 62.3. The predicted molar refractivity (Wildman–Crippen MR) is 320 cm³/mol. The number of aliphatic hydroxyl groups is 1. The second-order valence-electron chi connectivity index (χ2n) is 23.7. The zero-order valence-corrected chi connectivity index (χ0v) is 53.1. The average Bonchev–Trinajstić information content (AvgIpc) is 1.64. The molecule has 0 amide bonds. The van der Waals surface area contributed by atoms with Crippen molar-refractivity contribution in [2.75, 3.05) is 37.0 Å². The van der Waals surface area contributed by atoms with Crippen LogP contribution in [0, 0.1) is 37.5 Å². The Hall–Kier alpha value is -4.52. The van der Waals surface area contributed by atoms with Gasteiger partial charge < -0.3 is 83.3 Å². The number of nitrogens with one attached hydrogen (secondary N) is 1. The number of anilines is 3. The third-order valence-electron chi connectivity index (χ3n) is 18.6. The number of nitrogen functional groups attached to an aromatic ring is 3. The number of nitrogens with zero attached hydrogens (tertiary/aromatic N) is 10. The second-order valence-corrected chi connectivity index (χ2v) is 32.0. The number of aromatic amines is 1. The Morgan fingerprint density at radius 1 is 0.693 bits per heavy atom. The molecule has 7 aliphatic rings. The number of rotatable bonds is 20. The van der Waals surface area contributed by atoms with Crippen LogP contribution in [0.1, 0.15) is 89.4 Å². The number of pyridine rings is 1. The van der Waals surface area contributed by atoms with Gasteiger partial charge in [-0.1, -0.05) is 20.8 Å². The van der Waals surface area contributed by atoms with Crippen LogP contribution in [0.15, 0.2) is 58.0 Å². The lowest BCUT2D eigenvalue weighted by Crippen LogP contribution is -2.51. The fourth-order valence-electron chi connectivity index (χ4n) is 13.9. The van der Waals surface area contributed by atoms with E-state index in [9.17, 15) is 34.2 Å². The fraction of sp³-hybridized carbons (Fsp3) is 0.620. The van der Waals surface area contributed by atoms with Crippen LogP contribution in [0.4, 0.5) is 17.3 Å². The van der Waals surface area contributed by atoms with E-state index in [1.165, 1.54) is 29.6 Å². The van der Waals surface area contributed by atoms with Crippen molar-refractivity contribution in [3.05, 3.63) is 86.1 Å². The summed E-state index contributed by atoms with van der Waals surface area (Å²) in [6, 6.07) is 1.64. The molecule has 13 rings (SSSR count). The Morgan fingerprint density at radius 2 is 1.28 bits per heavy atom. The van der Waals surface area contributed by atoms with E-state index in [4.69, 9.17) is 103 Å². The van der Waals surface area contributed by atoms with E-state index in [0.717, 1.165) is 4.57 Å². The Bertz CT molecular complexity index is 4110. The molecule has 21 atom stereocenters. The molecule has 0 spiro atoms. The molecule has 38 heteroatoms. The minimum atomic E-state index is -4.60. The number of hydrogen-bond acceptors (Lipinski definition) is 27. The van der Waals surface area contributed by atoms with Gasteiger partial charge in [0, 0.05) is 48.0 Å². The third kappa shape index (κ3) is 10.3. The lowest BCUT2D eigenvalue weighted by molar-refractivity contribution is -0.216.